The first-order valence-electron chi connectivity index (χ1n) is 16.9. The molecule has 50 heavy (non-hydrogen) atoms. The molecule has 4 bridgehead atoms. The molecule has 0 atom stereocenters. The Morgan fingerprint density at radius 3 is 1.04 bits per heavy atom. The van der Waals surface area contributed by atoms with Crippen LogP contribution in [0.1, 0.15) is 0 Å². The minimum absolute atomic E-state index is 0.923. The molecule has 0 saturated heterocycles. The summed E-state index contributed by atoms with van der Waals surface area (Å²) in [5, 5.41) is 9.42. The zero-order chi connectivity index (χ0) is 32.8. The summed E-state index contributed by atoms with van der Waals surface area (Å²) in [6.07, 6.45) is 0. The molecule has 4 heteroatoms. The largest absolute Gasteiger partial charge is 0.456 e. The van der Waals surface area contributed by atoms with Gasteiger partial charge in [0.1, 0.15) is 22.3 Å². The van der Waals surface area contributed by atoms with E-state index in [4.69, 9.17) is 8.83 Å². The lowest BCUT2D eigenvalue weighted by molar-refractivity contribution is 0.678. The quantitative estimate of drug-likeness (QED) is 0.169. The molecule has 0 amide bonds. The maximum atomic E-state index is 5.98. The number of furan rings is 4. The molecule has 0 fully saturated rings. The van der Waals surface area contributed by atoms with Crippen LogP contribution in [0.5, 0.6) is 0 Å². The molecule has 4 heterocycles. The zero-order valence-electron chi connectivity index (χ0n) is 26.9. The smallest absolute Gasteiger partial charge is 0.135 e. The predicted octanol–water partition coefficient (Wildman–Crippen LogP) is 13.6. The highest BCUT2D eigenvalue weighted by Crippen LogP contribution is 2.43. The summed E-state index contributed by atoms with van der Waals surface area (Å²) in [5.74, 6) is 0. The van der Waals surface area contributed by atoms with Crippen molar-refractivity contribution in [3.8, 4) is 0 Å². The summed E-state index contributed by atoms with van der Waals surface area (Å²) in [5.41, 5.74) is 10.3. The predicted molar refractivity (Wildman–Crippen MR) is 208 cm³/mol. The van der Waals surface area contributed by atoms with Gasteiger partial charge in [0.15, 0.2) is 0 Å². The normalized spacial score (nSPS) is 12.0. The van der Waals surface area contributed by atoms with E-state index in [0.29, 0.717) is 0 Å². The number of benzene rings is 9. The Labute approximate surface area is 287 Å². The molecule has 0 aliphatic rings. The van der Waals surface area contributed by atoms with Gasteiger partial charge in [-0.2, -0.15) is 0 Å². The van der Waals surface area contributed by atoms with Crippen molar-refractivity contribution in [1.29, 1.82) is 0 Å². The van der Waals surface area contributed by atoms with Gasteiger partial charge in [0.25, 0.3) is 0 Å². The number of hydrogen-bond donors (Lipinski definition) is 0. The molecule has 0 radical (unpaired) electrons. The topological polar surface area (TPSA) is 32.8 Å². The van der Waals surface area contributed by atoms with Crippen LogP contribution in [0.15, 0.2) is 179 Å². The van der Waals surface area contributed by atoms with Gasteiger partial charge in [-0.25, -0.2) is 0 Å². The second kappa shape index (κ2) is 10.4. The zero-order valence-corrected chi connectivity index (χ0v) is 26.9. The monoisotopic (exact) mass is 640 g/mol. The molecule has 0 N–H and O–H groups in total. The Balaban J connectivity index is 1.03. The maximum Gasteiger partial charge on any atom is 0.135 e. The Morgan fingerprint density at radius 2 is 0.620 bits per heavy atom. The van der Waals surface area contributed by atoms with Crippen molar-refractivity contribution in [2.24, 2.45) is 0 Å². The van der Waals surface area contributed by atoms with Gasteiger partial charge in [-0.1, -0.05) is 60.7 Å². The molecular weight excluding hydrogens is 613 g/mol. The molecule has 4 nitrogen and oxygen atoms in total. The van der Waals surface area contributed by atoms with E-state index >= 15 is 0 Å². The average molecular weight is 641 g/mol. The summed E-state index contributed by atoms with van der Waals surface area (Å²) in [6.45, 7) is 0. The third kappa shape index (κ3) is 4.06. The Morgan fingerprint density at radius 1 is 0.260 bits per heavy atom. The lowest BCUT2D eigenvalue weighted by Gasteiger charge is -2.26. The first kappa shape index (κ1) is 27.2. The first-order chi connectivity index (χ1) is 24.7. The van der Waals surface area contributed by atoms with E-state index in [0.717, 1.165) is 78.0 Å². The highest BCUT2D eigenvalue weighted by molar-refractivity contribution is 6.12. The Hall–Kier alpha value is -6.78. The van der Waals surface area contributed by atoms with E-state index in [9.17, 15) is 0 Å². The summed E-state index contributed by atoms with van der Waals surface area (Å²) < 4.78 is 12.0. The molecule has 11 aromatic rings. The van der Waals surface area contributed by atoms with Crippen molar-refractivity contribution in [1.82, 2.24) is 0 Å². The molecule has 7 aromatic carbocycles. The van der Waals surface area contributed by atoms with Crippen LogP contribution in [-0.2, 0) is 0 Å². The summed E-state index contributed by atoms with van der Waals surface area (Å²) in [4.78, 5) is 4.65. The molecule has 0 aliphatic heterocycles. The van der Waals surface area contributed by atoms with Crippen LogP contribution in [-0.4, -0.2) is 0 Å². The van der Waals surface area contributed by atoms with E-state index in [1.807, 2.05) is 12.1 Å². The molecule has 11 rings (SSSR count). The van der Waals surface area contributed by atoms with Crippen LogP contribution in [0.4, 0.5) is 34.1 Å². The SMILES string of the molecule is c1ccc(N(c2ccc3c(ccc4cc(N(c5ccccc5)c5ccc6c7ccc(o7)c6c5)ccc43)c2)c2ccc3c4ccc(o4)c3c2)cc1. The third-order valence-corrected chi connectivity index (χ3v) is 10.1. The number of nitrogens with zero attached hydrogens (tertiary/aromatic N) is 2. The minimum atomic E-state index is 0.923. The number of rotatable bonds is 6. The van der Waals surface area contributed by atoms with E-state index < -0.39 is 0 Å². The van der Waals surface area contributed by atoms with Crippen LogP contribution in [0, 0.1) is 0 Å². The first-order valence-corrected chi connectivity index (χ1v) is 16.9. The van der Waals surface area contributed by atoms with Crippen LogP contribution in [0.3, 0.4) is 0 Å². The molecule has 0 saturated carbocycles. The standard InChI is InChI=1S/C46H28N2O2/c1-3-7-31(8-4-1)47(35-15-19-39-41(27-35)45-23-21-43(39)49-45)33-13-17-37-29(25-33)11-12-30-26-34(14-18-38(30)37)48(32-9-5-2-6-10-32)36-16-20-40-42(28-36)46-24-22-44(40)50-46/h1-28H. The number of hydrogen-bond acceptors (Lipinski definition) is 4. The number of anilines is 6. The summed E-state index contributed by atoms with van der Waals surface area (Å²) in [6, 6.07) is 60.6. The fourth-order valence-corrected chi connectivity index (χ4v) is 7.81. The van der Waals surface area contributed by atoms with E-state index in [-0.39, 0.29) is 0 Å². The summed E-state index contributed by atoms with van der Waals surface area (Å²) >= 11 is 0. The van der Waals surface area contributed by atoms with Crippen LogP contribution in [0.25, 0.3) is 65.4 Å². The Kier molecular flexibility index (Phi) is 5.63. The molecule has 234 valence electrons. The van der Waals surface area contributed by atoms with Crippen LogP contribution >= 0.6 is 0 Å². The molecular formula is C46H28N2O2. The van der Waals surface area contributed by atoms with E-state index in [1.54, 1.807) is 0 Å². The molecule has 0 aliphatic carbocycles. The second-order valence-electron chi connectivity index (χ2n) is 13.0. The van der Waals surface area contributed by atoms with Gasteiger partial charge in [0.05, 0.1) is 0 Å². The molecule has 4 aromatic heterocycles. The van der Waals surface area contributed by atoms with Gasteiger partial charge < -0.3 is 18.6 Å². The van der Waals surface area contributed by atoms with Gasteiger partial charge in [-0.05, 0) is 131 Å². The third-order valence-electron chi connectivity index (χ3n) is 10.1. The number of fused-ring (bicyclic) bond motifs is 13. The van der Waals surface area contributed by atoms with Gasteiger partial charge in [-0.3, -0.25) is 0 Å². The van der Waals surface area contributed by atoms with Gasteiger partial charge in [0, 0.05) is 55.7 Å². The van der Waals surface area contributed by atoms with Crippen molar-refractivity contribution in [2.75, 3.05) is 9.80 Å². The van der Waals surface area contributed by atoms with Gasteiger partial charge in [-0.15, -0.1) is 0 Å². The van der Waals surface area contributed by atoms with Crippen LogP contribution in [0.2, 0.25) is 0 Å². The highest BCUT2D eigenvalue weighted by atomic mass is 16.3. The fourth-order valence-electron chi connectivity index (χ4n) is 7.81. The molecule has 0 spiro atoms. The van der Waals surface area contributed by atoms with Crippen molar-refractivity contribution in [2.45, 2.75) is 0 Å². The minimum Gasteiger partial charge on any atom is -0.456 e. The number of para-hydroxylation sites is 2. The van der Waals surface area contributed by atoms with Crippen LogP contribution < -0.4 is 9.80 Å². The lowest BCUT2D eigenvalue weighted by Crippen LogP contribution is -2.10. The van der Waals surface area contributed by atoms with Crippen molar-refractivity contribution in [3.05, 3.63) is 170 Å². The second-order valence-corrected chi connectivity index (χ2v) is 13.0. The van der Waals surface area contributed by atoms with Gasteiger partial charge >= 0.3 is 0 Å². The lowest BCUT2D eigenvalue weighted by atomic mass is 9.99. The van der Waals surface area contributed by atoms with E-state index in [1.165, 1.54) is 21.5 Å². The Bertz CT molecular complexity index is 2790. The highest BCUT2D eigenvalue weighted by Gasteiger charge is 2.19. The molecule has 0 unspecified atom stereocenters. The fraction of sp³-hybridized carbons (Fsp3) is 0. The van der Waals surface area contributed by atoms with Crippen molar-refractivity contribution >= 4 is 99.5 Å². The van der Waals surface area contributed by atoms with Crippen molar-refractivity contribution < 1.29 is 8.83 Å². The average Bonchev–Trinajstić information content (AvgIpc) is 3.99. The van der Waals surface area contributed by atoms with E-state index in [2.05, 4.69) is 168 Å². The summed E-state index contributed by atoms with van der Waals surface area (Å²) in [7, 11) is 0. The maximum absolute atomic E-state index is 5.98. The van der Waals surface area contributed by atoms with Crippen molar-refractivity contribution in [3.63, 3.8) is 0 Å². The van der Waals surface area contributed by atoms with Gasteiger partial charge in [0.2, 0.25) is 0 Å².